The fourth-order valence-electron chi connectivity index (χ4n) is 2.99. The molecule has 1 nitrogen and oxygen atoms in total. The number of hydrogen-bond acceptors (Lipinski definition) is 0. The lowest BCUT2D eigenvalue weighted by atomic mass is 9.92. The minimum absolute atomic E-state index is 1.24. The molecule has 0 spiro atoms. The summed E-state index contributed by atoms with van der Waals surface area (Å²) in [6.07, 6.45) is 7.63. The van der Waals surface area contributed by atoms with Crippen LogP contribution in [0, 0.1) is 6.92 Å². The predicted octanol–water partition coefficient (Wildman–Crippen LogP) is 4.44. The third-order valence-corrected chi connectivity index (χ3v) is 4.01. The fourth-order valence-corrected chi connectivity index (χ4v) is 2.99. The first-order valence-electron chi connectivity index (χ1n) is 6.52. The van der Waals surface area contributed by atoms with E-state index in [2.05, 4.69) is 48.9 Å². The highest BCUT2D eigenvalue weighted by Gasteiger charge is 2.16. The normalized spacial score (nSPS) is 16.2. The molecular formula is C16H19N. The standard InChI is InChI=1S/C16H19N/c1-12-16(13-8-4-3-5-9-13)14-10-6-7-11-15(14)17(12)2/h6-8,10-11H,3-5,9H2,1-2H3. The monoisotopic (exact) mass is 225 g/mol. The number of aryl methyl sites for hydroxylation is 1. The molecule has 0 fully saturated rings. The molecule has 0 radical (unpaired) electrons. The van der Waals surface area contributed by atoms with Gasteiger partial charge >= 0.3 is 0 Å². The average Bonchev–Trinajstić information content (AvgIpc) is 2.64. The van der Waals surface area contributed by atoms with E-state index in [0.717, 1.165) is 0 Å². The van der Waals surface area contributed by atoms with E-state index in [0.29, 0.717) is 0 Å². The number of nitrogens with zero attached hydrogens (tertiary/aromatic N) is 1. The average molecular weight is 225 g/mol. The highest BCUT2D eigenvalue weighted by Crippen LogP contribution is 2.35. The third-order valence-electron chi connectivity index (χ3n) is 4.01. The Morgan fingerprint density at radius 3 is 2.71 bits per heavy atom. The molecule has 1 heterocycles. The summed E-state index contributed by atoms with van der Waals surface area (Å²) in [6, 6.07) is 8.75. The summed E-state index contributed by atoms with van der Waals surface area (Å²) in [6.45, 7) is 2.24. The Bertz CT molecular complexity index is 587. The van der Waals surface area contributed by atoms with Crippen LogP contribution < -0.4 is 0 Å². The van der Waals surface area contributed by atoms with Crippen molar-refractivity contribution in [2.45, 2.75) is 32.6 Å². The van der Waals surface area contributed by atoms with Crippen LogP contribution in [0.2, 0.25) is 0 Å². The van der Waals surface area contributed by atoms with Gasteiger partial charge in [-0.2, -0.15) is 0 Å². The molecule has 1 aromatic carbocycles. The van der Waals surface area contributed by atoms with Crippen molar-refractivity contribution < 1.29 is 0 Å². The summed E-state index contributed by atoms with van der Waals surface area (Å²) in [5, 5.41) is 1.42. The van der Waals surface area contributed by atoms with E-state index in [9.17, 15) is 0 Å². The second-order valence-corrected chi connectivity index (χ2v) is 5.01. The zero-order chi connectivity index (χ0) is 11.8. The first-order valence-corrected chi connectivity index (χ1v) is 6.52. The molecule has 0 bridgehead atoms. The molecular weight excluding hydrogens is 206 g/mol. The summed E-state index contributed by atoms with van der Waals surface area (Å²) >= 11 is 0. The molecule has 17 heavy (non-hydrogen) atoms. The summed E-state index contributed by atoms with van der Waals surface area (Å²) < 4.78 is 2.32. The van der Waals surface area contributed by atoms with Gasteiger partial charge in [0.15, 0.2) is 0 Å². The van der Waals surface area contributed by atoms with Crippen LogP contribution in [0.25, 0.3) is 16.5 Å². The molecule has 2 aromatic rings. The number of rotatable bonds is 1. The lowest BCUT2D eigenvalue weighted by Crippen LogP contribution is -1.95. The SMILES string of the molecule is Cc1c(C2=CCCCC2)c2ccccc2n1C. The molecule has 1 aliphatic carbocycles. The van der Waals surface area contributed by atoms with Gasteiger partial charge in [-0.15, -0.1) is 0 Å². The predicted molar refractivity (Wildman–Crippen MR) is 74.1 cm³/mol. The van der Waals surface area contributed by atoms with E-state index >= 15 is 0 Å². The number of benzene rings is 1. The van der Waals surface area contributed by atoms with E-state index in [1.807, 2.05) is 0 Å². The summed E-state index contributed by atoms with van der Waals surface area (Å²) in [5.41, 5.74) is 5.80. The van der Waals surface area contributed by atoms with E-state index < -0.39 is 0 Å². The molecule has 1 aromatic heterocycles. The van der Waals surface area contributed by atoms with Gasteiger partial charge in [0.25, 0.3) is 0 Å². The molecule has 0 amide bonds. The van der Waals surface area contributed by atoms with Gasteiger partial charge in [0.05, 0.1) is 0 Å². The van der Waals surface area contributed by atoms with Crippen molar-refractivity contribution in [3.8, 4) is 0 Å². The molecule has 1 heteroatoms. The third kappa shape index (κ3) is 1.61. The van der Waals surface area contributed by atoms with E-state index in [1.165, 1.54) is 47.8 Å². The molecule has 0 saturated carbocycles. The van der Waals surface area contributed by atoms with Gasteiger partial charge < -0.3 is 4.57 Å². The van der Waals surface area contributed by atoms with E-state index in [4.69, 9.17) is 0 Å². The van der Waals surface area contributed by atoms with Crippen molar-refractivity contribution in [1.82, 2.24) is 4.57 Å². The van der Waals surface area contributed by atoms with E-state index in [-0.39, 0.29) is 0 Å². The Labute approximate surface area is 103 Å². The van der Waals surface area contributed by atoms with Gasteiger partial charge in [-0.05, 0) is 44.2 Å². The maximum absolute atomic E-state index is 2.44. The van der Waals surface area contributed by atoms with Crippen LogP contribution in [-0.4, -0.2) is 4.57 Å². The Morgan fingerprint density at radius 1 is 1.12 bits per heavy atom. The van der Waals surface area contributed by atoms with Gasteiger partial charge in [-0.25, -0.2) is 0 Å². The van der Waals surface area contributed by atoms with Crippen molar-refractivity contribution >= 4 is 16.5 Å². The maximum atomic E-state index is 2.44. The summed E-state index contributed by atoms with van der Waals surface area (Å²) in [7, 11) is 2.17. The molecule has 3 rings (SSSR count). The molecule has 0 unspecified atom stereocenters. The van der Waals surface area contributed by atoms with Crippen LogP contribution in [-0.2, 0) is 7.05 Å². The number of aromatic nitrogens is 1. The molecule has 0 aliphatic heterocycles. The first-order chi connectivity index (χ1) is 8.29. The van der Waals surface area contributed by atoms with Crippen LogP contribution >= 0.6 is 0 Å². The van der Waals surface area contributed by atoms with Crippen molar-refractivity contribution in [2.75, 3.05) is 0 Å². The van der Waals surface area contributed by atoms with Crippen LogP contribution in [0.1, 0.15) is 36.9 Å². The first kappa shape index (κ1) is 10.6. The number of fused-ring (bicyclic) bond motifs is 1. The lowest BCUT2D eigenvalue weighted by Gasteiger charge is -2.13. The van der Waals surface area contributed by atoms with Crippen molar-refractivity contribution in [2.24, 2.45) is 7.05 Å². The summed E-state index contributed by atoms with van der Waals surface area (Å²) in [5.74, 6) is 0. The molecule has 88 valence electrons. The second-order valence-electron chi connectivity index (χ2n) is 5.01. The maximum Gasteiger partial charge on any atom is 0.0486 e. The minimum atomic E-state index is 1.24. The highest BCUT2D eigenvalue weighted by atomic mass is 14.9. The van der Waals surface area contributed by atoms with Gasteiger partial charge in [-0.1, -0.05) is 24.3 Å². The van der Waals surface area contributed by atoms with E-state index in [1.54, 1.807) is 5.57 Å². The van der Waals surface area contributed by atoms with Crippen LogP contribution in [0.4, 0.5) is 0 Å². The number of para-hydroxylation sites is 1. The fraction of sp³-hybridized carbons (Fsp3) is 0.375. The quantitative estimate of drug-likeness (QED) is 0.676. The van der Waals surface area contributed by atoms with Gasteiger partial charge in [0, 0.05) is 29.2 Å². The Hall–Kier alpha value is -1.50. The van der Waals surface area contributed by atoms with Gasteiger partial charge in [0.2, 0.25) is 0 Å². The zero-order valence-electron chi connectivity index (χ0n) is 10.7. The topological polar surface area (TPSA) is 4.93 Å². The summed E-state index contributed by atoms with van der Waals surface area (Å²) in [4.78, 5) is 0. The Kier molecular flexibility index (Phi) is 2.54. The lowest BCUT2D eigenvalue weighted by molar-refractivity contribution is 0.741. The largest absolute Gasteiger partial charge is 0.347 e. The van der Waals surface area contributed by atoms with Crippen molar-refractivity contribution in [1.29, 1.82) is 0 Å². The van der Waals surface area contributed by atoms with Crippen LogP contribution in [0.15, 0.2) is 30.3 Å². The molecule has 0 N–H and O–H groups in total. The number of allylic oxidation sites excluding steroid dienone is 2. The van der Waals surface area contributed by atoms with Crippen LogP contribution in [0.3, 0.4) is 0 Å². The minimum Gasteiger partial charge on any atom is -0.347 e. The van der Waals surface area contributed by atoms with Crippen molar-refractivity contribution in [3.63, 3.8) is 0 Å². The molecule has 1 aliphatic rings. The molecule has 0 saturated heterocycles. The van der Waals surface area contributed by atoms with Crippen molar-refractivity contribution in [3.05, 3.63) is 41.6 Å². The van der Waals surface area contributed by atoms with Crippen LogP contribution in [0.5, 0.6) is 0 Å². The zero-order valence-corrected chi connectivity index (χ0v) is 10.7. The Balaban J connectivity index is 2.28. The van der Waals surface area contributed by atoms with Gasteiger partial charge in [0.1, 0.15) is 0 Å². The van der Waals surface area contributed by atoms with Gasteiger partial charge in [-0.3, -0.25) is 0 Å². The Morgan fingerprint density at radius 2 is 1.94 bits per heavy atom. The highest BCUT2D eigenvalue weighted by molar-refractivity contribution is 5.94. The molecule has 0 atom stereocenters. The number of hydrogen-bond donors (Lipinski definition) is 0. The second kappa shape index (κ2) is 4.06. The smallest absolute Gasteiger partial charge is 0.0486 e.